The molecule has 0 saturated carbocycles. The van der Waals surface area contributed by atoms with Crippen LogP contribution < -0.4 is 0 Å². The molecule has 7 heteroatoms. The second-order valence-electron chi connectivity index (χ2n) is 8.32. The first-order chi connectivity index (χ1) is 15.4. The minimum atomic E-state index is -0.323. The zero-order valence-corrected chi connectivity index (χ0v) is 18.4. The van der Waals surface area contributed by atoms with Gasteiger partial charge in [-0.1, -0.05) is 30.9 Å². The van der Waals surface area contributed by atoms with Crippen molar-refractivity contribution in [2.24, 2.45) is 0 Å². The van der Waals surface area contributed by atoms with Gasteiger partial charge in [0, 0.05) is 43.9 Å². The van der Waals surface area contributed by atoms with Crippen molar-refractivity contribution in [3.63, 3.8) is 0 Å². The van der Waals surface area contributed by atoms with Gasteiger partial charge in [0.1, 0.15) is 13.2 Å². The molecule has 32 heavy (non-hydrogen) atoms. The molecule has 4 rings (SSSR count). The summed E-state index contributed by atoms with van der Waals surface area (Å²) in [6.07, 6.45) is 4.66. The molecule has 0 spiro atoms. The summed E-state index contributed by atoms with van der Waals surface area (Å²) in [7, 11) is 0. The molecule has 1 amide bonds. The Hall–Kier alpha value is -3.19. The average molecular weight is 437 g/mol. The molecular formula is C25H28N2O5. The third-order valence-electron chi connectivity index (χ3n) is 6.16. The Labute approximate surface area is 188 Å². The van der Waals surface area contributed by atoms with Gasteiger partial charge in [0.25, 0.3) is 0 Å². The second kappa shape index (κ2) is 9.53. The highest BCUT2D eigenvalue weighted by atomic mass is 16.5. The van der Waals surface area contributed by atoms with Gasteiger partial charge in [-0.15, -0.1) is 0 Å². The molecule has 0 unspecified atom stereocenters. The van der Waals surface area contributed by atoms with E-state index in [-0.39, 0.29) is 30.9 Å². The summed E-state index contributed by atoms with van der Waals surface area (Å²) in [4.78, 5) is 40.1. The largest absolute Gasteiger partial charge is 0.457 e. The first-order valence-electron chi connectivity index (χ1n) is 11.0. The molecule has 3 heterocycles. The van der Waals surface area contributed by atoms with Crippen molar-refractivity contribution < 1.29 is 23.9 Å². The number of allylic oxidation sites excluding steroid dienone is 2. The molecule has 0 N–H and O–H groups in total. The maximum absolute atomic E-state index is 12.7. The quantitative estimate of drug-likeness (QED) is 0.504. The Morgan fingerprint density at radius 3 is 2.59 bits per heavy atom. The van der Waals surface area contributed by atoms with Crippen molar-refractivity contribution in [1.29, 1.82) is 0 Å². The monoisotopic (exact) mass is 436 g/mol. The lowest BCUT2D eigenvalue weighted by molar-refractivity contribution is -0.135. The number of benzene rings is 1. The van der Waals surface area contributed by atoms with Crippen LogP contribution in [0.1, 0.15) is 34.8 Å². The zero-order valence-electron chi connectivity index (χ0n) is 18.4. The van der Waals surface area contributed by atoms with Gasteiger partial charge in [-0.2, -0.15) is 0 Å². The number of rotatable bonds is 6. The number of nitrogens with zero attached hydrogens (tertiary/aromatic N) is 2. The summed E-state index contributed by atoms with van der Waals surface area (Å²) in [6.45, 7) is 10.3. The normalized spacial score (nSPS) is 21.1. The summed E-state index contributed by atoms with van der Waals surface area (Å²) in [5.41, 5.74) is 4.85. The minimum Gasteiger partial charge on any atom is -0.457 e. The predicted octanol–water partition coefficient (Wildman–Crippen LogP) is 2.42. The first kappa shape index (κ1) is 22.0. The predicted molar refractivity (Wildman–Crippen MR) is 119 cm³/mol. The van der Waals surface area contributed by atoms with Crippen LogP contribution in [0.25, 0.3) is 0 Å². The highest BCUT2D eigenvalue weighted by Gasteiger charge is 2.25. The maximum Gasteiger partial charge on any atom is 0.338 e. The topological polar surface area (TPSA) is 76.2 Å². The Morgan fingerprint density at radius 2 is 1.84 bits per heavy atom. The van der Waals surface area contributed by atoms with E-state index in [4.69, 9.17) is 9.47 Å². The molecule has 0 atom stereocenters. The van der Waals surface area contributed by atoms with Gasteiger partial charge in [0.2, 0.25) is 5.91 Å². The number of carbonyl (C=O) groups is 3. The lowest BCUT2D eigenvalue weighted by Gasteiger charge is -2.35. The van der Waals surface area contributed by atoms with E-state index < -0.39 is 0 Å². The summed E-state index contributed by atoms with van der Waals surface area (Å²) < 4.78 is 10.1. The van der Waals surface area contributed by atoms with Gasteiger partial charge in [-0.05, 0) is 30.5 Å². The van der Waals surface area contributed by atoms with Crippen molar-refractivity contribution in [1.82, 2.24) is 9.80 Å². The number of piperazine rings is 1. The van der Waals surface area contributed by atoms with Crippen LogP contribution in [0.15, 0.2) is 53.6 Å². The van der Waals surface area contributed by atoms with Crippen LogP contribution in [0.5, 0.6) is 0 Å². The molecule has 3 aliphatic rings. The number of carbonyl (C=O) groups excluding carboxylic acids is 3. The Bertz CT molecular complexity index is 1020. The smallest absolute Gasteiger partial charge is 0.338 e. The standard InChI is InChI=1S/C25H28N2O5/c1-3-21-19(15-31-24(21)29)12-17(2)13-23(28)27-10-8-26(9-11-27)7-6-18-4-5-22-20(14-18)16-32-25(22)30/h3-5,12,14H,2,6-11,13,15-16H2,1H3/b19-12-,21-3+. The van der Waals surface area contributed by atoms with E-state index in [0.29, 0.717) is 36.4 Å². The number of esters is 2. The molecule has 0 radical (unpaired) electrons. The van der Waals surface area contributed by atoms with E-state index in [1.807, 2.05) is 17.0 Å². The molecule has 0 bridgehead atoms. The Kier molecular flexibility index (Phi) is 6.55. The average Bonchev–Trinajstić information content (AvgIpc) is 3.33. The van der Waals surface area contributed by atoms with Crippen LogP contribution >= 0.6 is 0 Å². The maximum atomic E-state index is 12.7. The molecule has 3 aliphatic heterocycles. The number of hydrogen-bond acceptors (Lipinski definition) is 6. The molecule has 1 aromatic rings. The van der Waals surface area contributed by atoms with E-state index in [2.05, 4.69) is 17.5 Å². The summed E-state index contributed by atoms with van der Waals surface area (Å²) in [5, 5.41) is 0. The number of cyclic esters (lactones) is 2. The van der Waals surface area contributed by atoms with Gasteiger partial charge in [-0.3, -0.25) is 9.69 Å². The molecule has 0 aliphatic carbocycles. The molecule has 7 nitrogen and oxygen atoms in total. The van der Waals surface area contributed by atoms with Crippen LogP contribution in [-0.2, 0) is 32.1 Å². The fourth-order valence-corrected chi connectivity index (χ4v) is 4.31. The Morgan fingerprint density at radius 1 is 1.09 bits per heavy atom. The summed E-state index contributed by atoms with van der Waals surface area (Å²) in [6, 6.07) is 5.90. The zero-order chi connectivity index (χ0) is 22.7. The molecule has 0 aromatic heterocycles. The highest BCUT2D eigenvalue weighted by molar-refractivity contribution is 5.96. The lowest BCUT2D eigenvalue weighted by atomic mass is 10.0. The SMILES string of the molecule is C=C(/C=C1/COC(=O)/C1=C/C)CC(=O)N1CCN(CCc2ccc3c(c2)COC3=O)CC1. The van der Waals surface area contributed by atoms with Crippen LogP contribution in [0.3, 0.4) is 0 Å². The van der Waals surface area contributed by atoms with Crippen molar-refractivity contribution >= 4 is 17.8 Å². The second-order valence-corrected chi connectivity index (χ2v) is 8.32. The van der Waals surface area contributed by atoms with E-state index in [9.17, 15) is 14.4 Å². The number of fused-ring (bicyclic) bond motifs is 1. The van der Waals surface area contributed by atoms with Gasteiger partial charge in [0.05, 0.1) is 17.6 Å². The van der Waals surface area contributed by atoms with E-state index in [1.54, 1.807) is 19.1 Å². The van der Waals surface area contributed by atoms with E-state index in [1.165, 1.54) is 5.56 Å². The first-order valence-corrected chi connectivity index (χ1v) is 11.0. The third kappa shape index (κ3) is 4.83. The molecule has 2 fully saturated rings. The lowest BCUT2D eigenvalue weighted by Crippen LogP contribution is -2.49. The Balaban J connectivity index is 1.22. The van der Waals surface area contributed by atoms with E-state index in [0.717, 1.165) is 37.2 Å². The third-order valence-corrected chi connectivity index (χ3v) is 6.16. The van der Waals surface area contributed by atoms with Crippen LogP contribution in [0.4, 0.5) is 0 Å². The van der Waals surface area contributed by atoms with Gasteiger partial charge in [-0.25, -0.2) is 9.59 Å². The number of ether oxygens (including phenoxy) is 2. The van der Waals surface area contributed by atoms with Crippen molar-refractivity contribution in [2.75, 3.05) is 39.3 Å². The van der Waals surface area contributed by atoms with Gasteiger partial charge >= 0.3 is 11.9 Å². The fourth-order valence-electron chi connectivity index (χ4n) is 4.31. The van der Waals surface area contributed by atoms with Crippen LogP contribution in [-0.4, -0.2) is 67.0 Å². The van der Waals surface area contributed by atoms with Crippen molar-refractivity contribution in [2.45, 2.75) is 26.4 Å². The van der Waals surface area contributed by atoms with Gasteiger partial charge in [0.15, 0.2) is 0 Å². The van der Waals surface area contributed by atoms with Crippen LogP contribution in [0, 0.1) is 0 Å². The summed E-state index contributed by atoms with van der Waals surface area (Å²) >= 11 is 0. The number of amides is 1. The summed E-state index contributed by atoms with van der Waals surface area (Å²) in [5.74, 6) is -0.503. The minimum absolute atomic E-state index is 0.0575. The van der Waals surface area contributed by atoms with Crippen LogP contribution in [0.2, 0.25) is 0 Å². The highest BCUT2D eigenvalue weighted by Crippen LogP contribution is 2.23. The van der Waals surface area contributed by atoms with E-state index >= 15 is 0 Å². The number of hydrogen-bond donors (Lipinski definition) is 0. The molecule has 1 aromatic carbocycles. The molecule has 2 saturated heterocycles. The van der Waals surface area contributed by atoms with Crippen molar-refractivity contribution in [3.8, 4) is 0 Å². The van der Waals surface area contributed by atoms with Crippen molar-refractivity contribution in [3.05, 3.63) is 70.3 Å². The fraction of sp³-hybridized carbons (Fsp3) is 0.400. The molecular weight excluding hydrogens is 408 g/mol. The molecule has 168 valence electrons. The van der Waals surface area contributed by atoms with Gasteiger partial charge < -0.3 is 14.4 Å².